The summed E-state index contributed by atoms with van der Waals surface area (Å²) in [4.78, 5) is 48.8. The number of amides is 1. The molecule has 30 heavy (non-hydrogen) atoms. The van der Waals surface area contributed by atoms with Crippen molar-refractivity contribution < 1.29 is 9.53 Å². The number of nitrogens with zero attached hydrogens (tertiary/aromatic N) is 2. The van der Waals surface area contributed by atoms with E-state index in [0.29, 0.717) is 52.9 Å². The van der Waals surface area contributed by atoms with E-state index in [1.54, 1.807) is 35.2 Å². The number of aromatic amines is 2. The highest BCUT2D eigenvalue weighted by Crippen LogP contribution is 2.29. The molecule has 3 aromatic rings. The van der Waals surface area contributed by atoms with Crippen molar-refractivity contribution in [1.82, 2.24) is 19.9 Å². The largest absolute Gasteiger partial charge is 0.496 e. The van der Waals surface area contributed by atoms with E-state index in [4.69, 9.17) is 16.3 Å². The minimum absolute atomic E-state index is 0.158. The molecule has 154 valence electrons. The summed E-state index contributed by atoms with van der Waals surface area (Å²) in [6.07, 6.45) is 2.15. The van der Waals surface area contributed by atoms with Crippen LogP contribution in [0.1, 0.15) is 28.5 Å². The summed E-state index contributed by atoms with van der Waals surface area (Å²) in [6.45, 7) is 0.880. The van der Waals surface area contributed by atoms with Gasteiger partial charge in [0.05, 0.1) is 23.9 Å². The number of methoxy groups -OCH3 is 1. The number of likely N-dealkylation sites (tertiary alicyclic amines) is 1. The first-order valence-electron chi connectivity index (χ1n) is 9.38. The van der Waals surface area contributed by atoms with E-state index in [9.17, 15) is 14.4 Å². The number of hydrogen-bond donors (Lipinski definition) is 2. The number of pyridine rings is 1. The number of nitrogens with one attached hydrogen (secondary N) is 2. The van der Waals surface area contributed by atoms with Crippen LogP contribution in [0.15, 0.2) is 52.2 Å². The molecular formula is C21H19ClN4O4. The first kappa shape index (κ1) is 19.9. The second-order valence-corrected chi connectivity index (χ2v) is 7.45. The predicted molar refractivity (Wildman–Crippen MR) is 112 cm³/mol. The van der Waals surface area contributed by atoms with E-state index in [0.717, 1.165) is 0 Å². The summed E-state index contributed by atoms with van der Waals surface area (Å²) in [5.41, 5.74) is 0.338. The van der Waals surface area contributed by atoms with Crippen LogP contribution in [-0.4, -0.2) is 46.0 Å². The SMILES string of the molecule is COc1ccc(Cl)cc1C(=O)N1CCC(c2nc(-c3ccc[nH]c3=O)cc(=O)[nH]2)C1. The van der Waals surface area contributed by atoms with Gasteiger partial charge in [0.15, 0.2) is 0 Å². The summed E-state index contributed by atoms with van der Waals surface area (Å²) in [7, 11) is 1.50. The minimum Gasteiger partial charge on any atom is -0.496 e. The first-order chi connectivity index (χ1) is 14.5. The lowest BCUT2D eigenvalue weighted by Crippen LogP contribution is -2.29. The first-order valence-corrected chi connectivity index (χ1v) is 9.76. The van der Waals surface area contributed by atoms with Gasteiger partial charge < -0.3 is 19.6 Å². The zero-order valence-electron chi connectivity index (χ0n) is 16.1. The standard InChI is InChI=1S/C21H19ClN4O4/c1-30-17-5-4-13(22)9-15(17)21(29)26-8-6-12(11-26)19-24-16(10-18(27)25-19)14-3-2-7-23-20(14)28/h2-5,7,9-10,12H,6,8,11H2,1H3,(H,23,28)(H,24,25,27). The molecule has 2 N–H and O–H groups in total. The monoisotopic (exact) mass is 426 g/mol. The topological polar surface area (TPSA) is 108 Å². The maximum atomic E-state index is 13.0. The normalized spacial score (nSPS) is 15.9. The molecule has 4 rings (SSSR count). The number of carbonyl (C=O) groups is 1. The maximum Gasteiger partial charge on any atom is 0.257 e. The zero-order valence-corrected chi connectivity index (χ0v) is 16.9. The number of ether oxygens (including phenoxy) is 1. The van der Waals surface area contributed by atoms with Crippen molar-refractivity contribution in [2.24, 2.45) is 0 Å². The molecule has 2 aromatic heterocycles. The Morgan fingerprint density at radius 3 is 2.87 bits per heavy atom. The van der Waals surface area contributed by atoms with Crippen LogP contribution < -0.4 is 15.9 Å². The summed E-state index contributed by atoms with van der Waals surface area (Å²) >= 11 is 6.05. The lowest BCUT2D eigenvalue weighted by atomic mass is 10.1. The molecule has 0 aliphatic carbocycles. The van der Waals surface area contributed by atoms with Gasteiger partial charge in [0, 0.05) is 36.3 Å². The van der Waals surface area contributed by atoms with Gasteiger partial charge in [-0.05, 0) is 36.8 Å². The smallest absolute Gasteiger partial charge is 0.257 e. The predicted octanol–water partition coefficient (Wildman–Crippen LogP) is 2.42. The summed E-state index contributed by atoms with van der Waals surface area (Å²) in [5.74, 6) is 0.545. The van der Waals surface area contributed by atoms with Crippen LogP contribution in [0.5, 0.6) is 5.75 Å². The van der Waals surface area contributed by atoms with Crippen molar-refractivity contribution in [3.63, 3.8) is 0 Å². The minimum atomic E-state index is -0.348. The van der Waals surface area contributed by atoms with Crippen molar-refractivity contribution in [2.75, 3.05) is 20.2 Å². The molecule has 9 heteroatoms. The van der Waals surface area contributed by atoms with Crippen molar-refractivity contribution in [1.29, 1.82) is 0 Å². The molecule has 0 spiro atoms. The fourth-order valence-corrected chi connectivity index (χ4v) is 3.79. The number of carbonyl (C=O) groups excluding carboxylic acids is 1. The van der Waals surface area contributed by atoms with E-state index in [1.165, 1.54) is 19.4 Å². The van der Waals surface area contributed by atoms with E-state index in [1.807, 2.05) is 0 Å². The Morgan fingerprint density at radius 2 is 2.10 bits per heavy atom. The second kappa shape index (κ2) is 8.16. The summed E-state index contributed by atoms with van der Waals surface area (Å²) in [6, 6.07) is 9.48. The van der Waals surface area contributed by atoms with Crippen LogP contribution >= 0.6 is 11.6 Å². The molecule has 0 radical (unpaired) electrons. The Kier molecular flexibility index (Phi) is 5.41. The molecule has 0 bridgehead atoms. The van der Waals surface area contributed by atoms with Gasteiger partial charge in [0.25, 0.3) is 17.0 Å². The van der Waals surface area contributed by atoms with Gasteiger partial charge in [-0.15, -0.1) is 0 Å². The molecular weight excluding hydrogens is 408 g/mol. The highest BCUT2D eigenvalue weighted by atomic mass is 35.5. The van der Waals surface area contributed by atoms with Gasteiger partial charge in [-0.25, -0.2) is 4.98 Å². The van der Waals surface area contributed by atoms with Crippen molar-refractivity contribution in [2.45, 2.75) is 12.3 Å². The zero-order chi connectivity index (χ0) is 21.3. The lowest BCUT2D eigenvalue weighted by Gasteiger charge is -2.18. The Labute approximate surface area is 176 Å². The van der Waals surface area contributed by atoms with Crippen LogP contribution in [0.4, 0.5) is 0 Å². The fourth-order valence-electron chi connectivity index (χ4n) is 3.62. The molecule has 1 fully saturated rings. The van der Waals surface area contributed by atoms with Crippen molar-refractivity contribution >= 4 is 17.5 Å². The van der Waals surface area contributed by atoms with E-state index < -0.39 is 0 Å². The number of benzene rings is 1. The molecule has 1 aromatic carbocycles. The molecule has 0 saturated carbocycles. The average molecular weight is 427 g/mol. The Bertz CT molecular complexity index is 1220. The third-order valence-electron chi connectivity index (χ3n) is 5.11. The molecule has 1 atom stereocenters. The van der Waals surface area contributed by atoms with E-state index in [2.05, 4.69) is 15.0 Å². The highest BCUT2D eigenvalue weighted by Gasteiger charge is 2.31. The molecule has 1 aliphatic heterocycles. The summed E-state index contributed by atoms with van der Waals surface area (Å²) in [5, 5.41) is 0.446. The number of rotatable bonds is 4. The second-order valence-electron chi connectivity index (χ2n) is 7.01. The summed E-state index contributed by atoms with van der Waals surface area (Å²) < 4.78 is 5.29. The lowest BCUT2D eigenvalue weighted by molar-refractivity contribution is 0.0787. The van der Waals surface area contributed by atoms with E-state index in [-0.39, 0.29) is 22.9 Å². The molecule has 1 amide bonds. The highest BCUT2D eigenvalue weighted by molar-refractivity contribution is 6.31. The van der Waals surface area contributed by atoms with Gasteiger partial charge in [-0.3, -0.25) is 14.4 Å². The number of aromatic nitrogens is 3. The van der Waals surface area contributed by atoms with Crippen LogP contribution in [-0.2, 0) is 0 Å². The van der Waals surface area contributed by atoms with E-state index >= 15 is 0 Å². The van der Waals surface area contributed by atoms with Gasteiger partial charge >= 0.3 is 0 Å². The Hall–Kier alpha value is -3.39. The molecule has 3 heterocycles. The maximum absolute atomic E-state index is 13.0. The van der Waals surface area contributed by atoms with Gasteiger partial charge in [0.2, 0.25) is 0 Å². The third-order valence-corrected chi connectivity index (χ3v) is 5.34. The van der Waals surface area contributed by atoms with Crippen LogP contribution in [0.25, 0.3) is 11.3 Å². The van der Waals surface area contributed by atoms with Gasteiger partial charge in [0.1, 0.15) is 11.6 Å². The number of H-pyrrole nitrogens is 2. The van der Waals surface area contributed by atoms with Crippen LogP contribution in [0.2, 0.25) is 5.02 Å². The van der Waals surface area contributed by atoms with Crippen molar-refractivity contribution in [3.05, 3.63) is 79.7 Å². The van der Waals surface area contributed by atoms with Gasteiger partial charge in [-0.2, -0.15) is 0 Å². The molecule has 8 nitrogen and oxygen atoms in total. The van der Waals surface area contributed by atoms with Crippen molar-refractivity contribution in [3.8, 4) is 17.0 Å². The molecule has 1 aliphatic rings. The Balaban J connectivity index is 1.60. The fraction of sp³-hybridized carbons (Fsp3) is 0.238. The quantitative estimate of drug-likeness (QED) is 0.666. The number of halogens is 1. The van der Waals surface area contributed by atoms with Gasteiger partial charge in [-0.1, -0.05) is 11.6 Å². The van der Waals surface area contributed by atoms with Crippen LogP contribution in [0.3, 0.4) is 0 Å². The Morgan fingerprint density at radius 1 is 1.27 bits per heavy atom. The molecule has 1 unspecified atom stereocenters. The average Bonchev–Trinajstić information content (AvgIpc) is 3.23. The molecule has 1 saturated heterocycles. The third kappa shape index (κ3) is 3.86. The van der Waals surface area contributed by atoms with Crippen LogP contribution in [0, 0.1) is 0 Å². The number of hydrogen-bond acceptors (Lipinski definition) is 5.